The van der Waals surface area contributed by atoms with E-state index in [0.717, 1.165) is 11.3 Å². The van der Waals surface area contributed by atoms with Crippen LogP contribution < -0.4 is 0 Å². The maximum absolute atomic E-state index is 4.18. The Hall–Kier alpha value is 0.560. The second kappa shape index (κ2) is 4.39. The minimum atomic E-state index is 0. The number of rotatable bonds is 0. The molecule has 1 aliphatic carbocycles. The summed E-state index contributed by atoms with van der Waals surface area (Å²) in [5.74, 6) is 0.714. The van der Waals surface area contributed by atoms with Gasteiger partial charge in [0.25, 0.3) is 0 Å². The summed E-state index contributed by atoms with van der Waals surface area (Å²) in [7, 11) is 0. The van der Waals surface area contributed by atoms with Crippen molar-refractivity contribution in [1.82, 2.24) is 0 Å². The van der Waals surface area contributed by atoms with E-state index in [1.807, 2.05) is 0 Å². The lowest BCUT2D eigenvalue weighted by Gasteiger charge is -2.06. The van der Waals surface area contributed by atoms with E-state index in [1.54, 1.807) is 0 Å². The van der Waals surface area contributed by atoms with E-state index < -0.39 is 0 Å². The maximum atomic E-state index is 4.18. The van der Waals surface area contributed by atoms with Gasteiger partial charge in [0.15, 0.2) is 0 Å². The molecule has 0 aromatic rings. The average Bonchev–Trinajstić information content (AvgIpc) is 1.77. The van der Waals surface area contributed by atoms with Crippen molar-refractivity contribution in [3.8, 4) is 0 Å². The van der Waals surface area contributed by atoms with Crippen molar-refractivity contribution in [1.29, 1.82) is 0 Å². The van der Waals surface area contributed by atoms with Crippen molar-refractivity contribution in [3.05, 3.63) is 23.1 Å². The highest BCUT2D eigenvalue weighted by atomic mass is 127. The smallest absolute Gasteiger partial charge is 0.000285 e. The van der Waals surface area contributed by atoms with E-state index in [9.17, 15) is 0 Å². The van der Waals surface area contributed by atoms with Gasteiger partial charge in [-0.25, -0.2) is 0 Å². The first-order valence-corrected chi connectivity index (χ1v) is 3.31. The van der Waals surface area contributed by atoms with Crippen LogP contribution in [0, 0.1) is 5.92 Å². The van der Waals surface area contributed by atoms with Gasteiger partial charge in [-0.05, 0) is 17.2 Å². The van der Waals surface area contributed by atoms with Crippen LogP contribution in [-0.2, 0) is 0 Å². The molecule has 0 nitrogen and oxygen atoms in total. The third-order valence-electron chi connectivity index (χ3n) is 1.29. The van der Waals surface area contributed by atoms with Crippen LogP contribution in [0.3, 0.4) is 0 Å². The first kappa shape index (κ1) is 9.56. The highest BCUT2D eigenvalue weighted by Gasteiger charge is 1.98. The number of halogens is 1. The first-order chi connectivity index (χ1) is 3.79. The minimum absolute atomic E-state index is 0. The molecule has 0 saturated heterocycles. The highest BCUT2D eigenvalue weighted by Crippen LogP contribution is 2.16. The van der Waals surface area contributed by atoms with Crippen LogP contribution >= 0.6 is 36.6 Å². The molecule has 1 unspecified atom stereocenters. The molecule has 9 heavy (non-hydrogen) atoms. The highest BCUT2D eigenvalue weighted by molar-refractivity contribution is 14.0. The molecule has 0 fully saturated rings. The Morgan fingerprint density at radius 3 is 2.67 bits per heavy atom. The van der Waals surface area contributed by atoms with Crippen LogP contribution in [0.25, 0.3) is 0 Å². The summed E-state index contributed by atoms with van der Waals surface area (Å²) in [6.45, 7) is 2.20. The molecule has 0 aromatic carbocycles. The monoisotopic (exact) mass is 254 g/mol. The quantitative estimate of drug-likeness (QED) is 0.498. The van der Waals surface area contributed by atoms with Crippen molar-refractivity contribution in [2.75, 3.05) is 0 Å². The number of hydrogen-bond acceptors (Lipinski definition) is 1. The Morgan fingerprint density at radius 1 is 1.67 bits per heavy atom. The fourth-order valence-electron chi connectivity index (χ4n) is 0.716. The topological polar surface area (TPSA) is 0 Å². The van der Waals surface area contributed by atoms with Gasteiger partial charge in [-0.2, -0.15) is 0 Å². The van der Waals surface area contributed by atoms with Gasteiger partial charge in [0, 0.05) is 0 Å². The Morgan fingerprint density at radius 2 is 2.33 bits per heavy atom. The largest absolute Gasteiger partial charge is 0.144 e. The molecule has 0 N–H and O–H groups in total. The van der Waals surface area contributed by atoms with Crippen LogP contribution in [0.1, 0.15) is 13.3 Å². The fourth-order valence-corrected chi connectivity index (χ4v) is 0.908. The molecular formula is C7H11IS. The van der Waals surface area contributed by atoms with Crippen LogP contribution in [0.4, 0.5) is 0 Å². The van der Waals surface area contributed by atoms with E-state index in [4.69, 9.17) is 0 Å². The second-order valence-corrected chi connectivity index (χ2v) is 2.72. The summed E-state index contributed by atoms with van der Waals surface area (Å²) >= 11 is 4.18. The zero-order valence-electron chi connectivity index (χ0n) is 5.37. The molecule has 0 bridgehead atoms. The van der Waals surface area contributed by atoms with Gasteiger partial charge in [0.1, 0.15) is 0 Å². The average molecular weight is 254 g/mol. The predicted octanol–water partition coefficient (Wildman–Crippen LogP) is 3.01. The van der Waals surface area contributed by atoms with Crippen molar-refractivity contribution in [2.45, 2.75) is 13.3 Å². The molecular weight excluding hydrogens is 243 g/mol. The summed E-state index contributed by atoms with van der Waals surface area (Å²) in [5.41, 5.74) is 0. The molecule has 2 heteroatoms. The Balaban J connectivity index is 0.000000640. The zero-order valence-corrected chi connectivity index (χ0v) is 8.60. The van der Waals surface area contributed by atoms with Gasteiger partial charge in [0.2, 0.25) is 0 Å². The second-order valence-electron chi connectivity index (χ2n) is 2.20. The van der Waals surface area contributed by atoms with E-state index in [2.05, 4.69) is 37.8 Å². The van der Waals surface area contributed by atoms with Gasteiger partial charge in [-0.3, -0.25) is 0 Å². The Kier molecular flexibility index (Phi) is 4.66. The number of allylic oxidation sites excluding steroid dienone is 3. The normalized spacial score (nSPS) is 24.7. The molecule has 0 heterocycles. The molecule has 0 spiro atoms. The molecule has 1 aliphatic rings. The summed E-state index contributed by atoms with van der Waals surface area (Å²) in [4.78, 5) is 1.10. The van der Waals surface area contributed by atoms with Gasteiger partial charge < -0.3 is 0 Å². The van der Waals surface area contributed by atoms with Crippen molar-refractivity contribution < 1.29 is 0 Å². The molecule has 1 rings (SSSR count). The standard InChI is InChI=1S/C7H10S.HI/c1-6-2-4-7(8)5-3-6;/h2,4-6,8H,3H2,1H3;1H. The Bertz CT molecular complexity index is 138. The Labute approximate surface area is 78.8 Å². The van der Waals surface area contributed by atoms with Gasteiger partial charge >= 0.3 is 0 Å². The van der Waals surface area contributed by atoms with Crippen molar-refractivity contribution >= 4 is 36.6 Å². The molecule has 52 valence electrons. The molecule has 0 aliphatic heterocycles. The summed E-state index contributed by atoms with van der Waals surface area (Å²) in [6.07, 6.45) is 7.53. The van der Waals surface area contributed by atoms with Crippen molar-refractivity contribution in [2.24, 2.45) is 5.92 Å². The van der Waals surface area contributed by atoms with Gasteiger partial charge in [-0.15, -0.1) is 36.6 Å². The van der Waals surface area contributed by atoms with E-state index in [1.165, 1.54) is 0 Å². The zero-order chi connectivity index (χ0) is 5.98. The molecule has 1 atom stereocenters. The maximum Gasteiger partial charge on any atom is -0.000285 e. The summed E-state index contributed by atoms with van der Waals surface area (Å²) < 4.78 is 0. The summed E-state index contributed by atoms with van der Waals surface area (Å²) in [6, 6.07) is 0. The van der Waals surface area contributed by atoms with Crippen LogP contribution in [0.2, 0.25) is 0 Å². The predicted molar refractivity (Wildman–Crippen MR) is 55.4 cm³/mol. The molecule has 0 radical (unpaired) electrons. The van der Waals surface area contributed by atoms with E-state index in [-0.39, 0.29) is 24.0 Å². The minimum Gasteiger partial charge on any atom is -0.144 e. The lowest BCUT2D eigenvalue weighted by molar-refractivity contribution is 0.735. The molecule has 0 amide bonds. The van der Waals surface area contributed by atoms with E-state index in [0.29, 0.717) is 5.92 Å². The van der Waals surface area contributed by atoms with Crippen LogP contribution in [0.5, 0.6) is 0 Å². The third-order valence-corrected chi connectivity index (χ3v) is 1.63. The fraction of sp³-hybridized carbons (Fsp3) is 0.429. The number of hydrogen-bond donors (Lipinski definition) is 1. The number of thiol groups is 1. The van der Waals surface area contributed by atoms with Gasteiger partial charge in [-0.1, -0.05) is 25.2 Å². The lowest BCUT2D eigenvalue weighted by Crippen LogP contribution is -1.90. The lowest BCUT2D eigenvalue weighted by atomic mass is 10.0. The SMILES string of the molecule is CC1C=CC(S)=CC1.I. The third kappa shape index (κ3) is 3.30. The van der Waals surface area contributed by atoms with Crippen LogP contribution in [-0.4, -0.2) is 0 Å². The van der Waals surface area contributed by atoms with Crippen molar-refractivity contribution in [3.63, 3.8) is 0 Å². The van der Waals surface area contributed by atoms with Crippen LogP contribution in [0.15, 0.2) is 23.1 Å². The first-order valence-electron chi connectivity index (χ1n) is 2.86. The molecule has 0 aromatic heterocycles. The van der Waals surface area contributed by atoms with E-state index >= 15 is 0 Å². The summed E-state index contributed by atoms with van der Waals surface area (Å²) in [5, 5.41) is 0. The molecule has 0 saturated carbocycles. The van der Waals surface area contributed by atoms with Gasteiger partial charge in [0.05, 0.1) is 0 Å².